The van der Waals surface area contributed by atoms with E-state index < -0.39 is 0 Å². The van der Waals surface area contributed by atoms with Crippen LogP contribution in [0.15, 0.2) is 30.5 Å². The summed E-state index contributed by atoms with van der Waals surface area (Å²) < 4.78 is 0. The molecule has 0 saturated carbocycles. The first-order valence-corrected chi connectivity index (χ1v) is 10.4. The molecule has 1 aromatic heterocycles. The summed E-state index contributed by atoms with van der Waals surface area (Å²) in [5.74, 6) is 0.324. The normalized spacial score (nSPS) is 17.2. The van der Waals surface area contributed by atoms with Gasteiger partial charge >= 0.3 is 0 Å². The summed E-state index contributed by atoms with van der Waals surface area (Å²) in [6, 6.07) is 8.28. The van der Waals surface area contributed by atoms with E-state index in [-0.39, 0.29) is 16.6 Å². The van der Waals surface area contributed by atoms with Crippen molar-refractivity contribution in [2.75, 3.05) is 31.1 Å². The predicted molar refractivity (Wildman–Crippen MR) is 111 cm³/mol. The highest BCUT2D eigenvalue weighted by Gasteiger charge is 2.20. The summed E-state index contributed by atoms with van der Waals surface area (Å²) in [4.78, 5) is 26.0. The van der Waals surface area contributed by atoms with Gasteiger partial charge in [-0.2, -0.15) is 0 Å². The highest BCUT2D eigenvalue weighted by Crippen LogP contribution is 2.20. The van der Waals surface area contributed by atoms with Crippen molar-refractivity contribution in [3.63, 3.8) is 0 Å². The van der Waals surface area contributed by atoms with Crippen LogP contribution in [0.1, 0.15) is 47.3 Å². The number of rotatable bonds is 6. The van der Waals surface area contributed by atoms with E-state index in [2.05, 4.69) is 43.3 Å². The molecule has 0 aliphatic carbocycles. The van der Waals surface area contributed by atoms with Gasteiger partial charge in [-0.3, -0.25) is 9.69 Å². The maximum Gasteiger partial charge on any atom is 0.271 e. The van der Waals surface area contributed by atoms with Crippen molar-refractivity contribution in [3.05, 3.63) is 52.3 Å². The van der Waals surface area contributed by atoms with Gasteiger partial charge in [0.05, 0.1) is 11.2 Å². The van der Waals surface area contributed by atoms with Crippen molar-refractivity contribution >= 4 is 23.5 Å². The van der Waals surface area contributed by atoms with E-state index in [1.807, 2.05) is 6.07 Å². The van der Waals surface area contributed by atoms with Gasteiger partial charge in [0.15, 0.2) is 5.69 Å². The Balaban J connectivity index is 1.44. The van der Waals surface area contributed by atoms with E-state index in [1.165, 1.54) is 24.6 Å². The zero-order valence-electron chi connectivity index (χ0n) is 16.0. The number of nitrogens with one attached hydrogen (secondary N) is 1. The second-order valence-electron chi connectivity index (χ2n) is 7.50. The summed E-state index contributed by atoms with van der Waals surface area (Å²) >= 11 is 6.21. The quantitative estimate of drug-likeness (QED) is 0.807. The minimum absolute atomic E-state index is 0.246. The number of hydrogen-bond acceptors (Lipinski definition) is 5. The van der Waals surface area contributed by atoms with E-state index in [1.54, 1.807) is 0 Å². The number of halogens is 1. The summed E-state index contributed by atoms with van der Waals surface area (Å²) in [5, 5.41) is 3.27. The van der Waals surface area contributed by atoms with Crippen LogP contribution in [0, 0.1) is 0 Å². The number of nitrogens with zero attached hydrogens (tertiary/aromatic N) is 4. The van der Waals surface area contributed by atoms with Crippen molar-refractivity contribution in [1.82, 2.24) is 20.2 Å². The van der Waals surface area contributed by atoms with E-state index in [0.29, 0.717) is 12.5 Å². The van der Waals surface area contributed by atoms with Gasteiger partial charge in [0.1, 0.15) is 0 Å². The molecule has 6 nitrogen and oxygen atoms in total. The van der Waals surface area contributed by atoms with Gasteiger partial charge < -0.3 is 10.2 Å². The molecule has 28 heavy (non-hydrogen) atoms. The van der Waals surface area contributed by atoms with Crippen LogP contribution in [0.25, 0.3) is 0 Å². The second-order valence-corrected chi connectivity index (χ2v) is 7.90. The molecule has 2 aromatic rings. The molecule has 0 bridgehead atoms. The number of likely N-dealkylation sites (tertiary alicyclic amines) is 1. The maximum absolute atomic E-state index is 12.7. The third-order valence-corrected chi connectivity index (χ3v) is 5.76. The molecule has 0 radical (unpaired) electrons. The van der Waals surface area contributed by atoms with Gasteiger partial charge in [0.25, 0.3) is 5.91 Å². The molecule has 3 heterocycles. The number of hydrogen-bond donors (Lipinski definition) is 1. The van der Waals surface area contributed by atoms with Gasteiger partial charge in [-0.25, -0.2) is 9.97 Å². The van der Waals surface area contributed by atoms with E-state index >= 15 is 0 Å². The van der Waals surface area contributed by atoms with Crippen molar-refractivity contribution in [1.29, 1.82) is 0 Å². The van der Waals surface area contributed by atoms with Crippen LogP contribution in [0.5, 0.6) is 0 Å². The number of amides is 1. The highest BCUT2D eigenvalue weighted by atomic mass is 35.5. The minimum atomic E-state index is -0.260. The van der Waals surface area contributed by atoms with E-state index in [0.717, 1.165) is 51.1 Å². The molecule has 0 atom stereocenters. The molecule has 1 amide bonds. The molecule has 4 rings (SSSR count). The van der Waals surface area contributed by atoms with Gasteiger partial charge in [0.2, 0.25) is 5.95 Å². The summed E-state index contributed by atoms with van der Waals surface area (Å²) in [7, 11) is 0. The number of anilines is 1. The first-order valence-electron chi connectivity index (χ1n) is 10.1. The summed E-state index contributed by atoms with van der Waals surface area (Å²) in [6.07, 6.45) is 6.32. The van der Waals surface area contributed by atoms with Gasteiger partial charge in [-0.15, -0.1) is 0 Å². The highest BCUT2D eigenvalue weighted by molar-refractivity contribution is 6.33. The van der Waals surface area contributed by atoms with Gasteiger partial charge in [0, 0.05) is 26.2 Å². The first-order chi connectivity index (χ1) is 13.7. The third-order valence-electron chi connectivity index (χ3n) is 5.49. The minimum Gasteiger partial charge on any atom is -0.347 e. The zero-order chi connectivity index (χ0) is 19.3. The Morgan fingerprint density at radius 2 is 1.71 bits per heavy atom. The molecule has 0 spiro atoms. The Bertz CT molecular complexity index is 831. The van der Waals surface area contributed by atoms with Crippen LogP contribution in [-0.4, -0.2) is 47.0 Å². The predicted octanol–water partition coefficient (Wildman–Crippen LogP) is 3.26. The number of aromatic nitrogens is 2. The lowest BCUT2D eigenvalue weighted by Gasteiger charge is -2.18. The van der Waals surface area contributed by atoms with Gasteiger partial charge in [-0.1, -0.05) is 35.9 Å². The van der Waals surface area contributed by atoms with Crippen molar-refractivity contribution in [2.24, 2.45) is 0 Å². The monoisotopic (exact) mass is 399 g/mol. The standard InChI is InChI=1S/C21H26ClN5O/c22-18-14-24-21(27-11-5-6-12-27)25-19(18)20(28)23-13-16-7-1-2-8-17(16)15-26-9-3-4-10-26/h1-2,7-8,14H,3-6,9-13,15H2,(H,23,28). The molecule has 148 valence electrons. The molecule has 1 aromatic carbocycles. The Labute approximate surface area is 170 Å². The molecule has 2 fully saturated rings. The fourth-order valence-electron chi connectivity index (χ4n) is 3.91. The lowest BCUT2D eigenvalue weighted by atomic mass is 10.1. The Morgan fingerprint density at radius 3 is 2.46 bits per heavy atom. The van der Waals surface area contributed by atoms with Gasteiger partial charge in [-0.05, 0) is 49.9 Å². The Morgan fingerprint density at radius 1 is 1.04 bits per heavy atom. The molecular formula is C21H26ClN5O. The fourth-order valence-corrected chi connectivity index (χ4v) is 4.09. The lowest BCUT2D eigenvalue weighted by molar-refractivity contribution is 0.0946. The largest absolute Gasteiger partial charge is 0.347 e. The van der Waals surface area contributed by atoms with E-state index in [9.17, 15) is 4.79 Å². The summed E-state index contributed by atoms with van der Waals surface area (Å²) in [6.45, 7) is 5.54. The SMILES string of the molecule is O=C(NCc1ccccc1CN1CCCC1)c1nc(N2CCCC2)ncc1Cl. The molecule has 2 aliphatic rings. The molecule has 0 unspecified atom stereocenters. The third kappa shape index (κ3) is 4.45. The van der Waals surface area contributed by atoms with E-state index in [4.69, 9.17) is 11.6 Å². The lowest BCUT2D eigenvalue weighted by Crippen LogP contribution is -2.27. The average Bonchev–Trinajstić information content (AvgIpc) is 3.42. The van der Waals surface area contributed by atoms with Crippen LogP contribution in [0.3, 0.4) is 0 Å². The van der Waals surface area contributed by atoms with Crippen LogP contribution in [0.2, 0.25) is 5.02 Å². The number of carbonyl (C=O) groups excluding carboxylic acids is 1. The smallest absolute Gasteiger partial charge is 0.271 e. The fraction of sp³-hybridized carbons (Fsp3) is 0.476. The first kappa shape index (κ1) is 19.2. The van der Waals surface area contributed by atoms with Crippen molar-refractivity contribution in [2.45, 2.75) is 38.8 Å². The molecule has 2 saturated heterocycles. The van der Waals surface area contributed by atoms with Crippen LogP contribution >= 0.6 is 11.6 Å². The van der Waals surface area contributed by atoms with Crippen LogP contribution in [0.4, 0.5) is 5.95 Å². The van der Waals surface area contributed by atoms with Crippen LogP contribution < -0.4 is 10.2 Å². The Hall–Kier alpha value is -2.18. The molecule has 7 heteroatoms. The summed E-state index contributed by atoms with van der Waals surface area (Å²) in [5.41, 5.74) is 2.64. The Kier molecular flexibility index (Phi) is 6.07. The van der Waals surface area contributed by atoms with Crippen molar-refractivity contribution in [3.8, 4) is 0 Å². The average molecular weight is 400 g/mol. The number of benzene rings is 1. The second kappa shape index (κ2) is 8.88. The zero-order valence-corrected chi connectivity index (χ0v) is 16.8. The molecule has 1 N–H and O–H groups in total. The molecular weight excluding hydrogens is 374 g/mol. The van der Waals surface area contributed by atoms with Crippen LogP contribution in [-0.2, 0) is 13.1 Å². The maximum atomic E-state index is 12.7. The number of carbonyl (C=O) groups is 1. The van der Waals surface area contributed by atoms with Crippen molar-refractivity contribution < 1.29 is 4.79 Å². The molecule has 2 aliphatic heterocycles. The topological polar surface area (TPSA) is 61.4 Å².